The van der Waals surface area contributed by atoms with E-state index in [-0.39, 0.29) is 6.42 Å². The van der Waals surface area contributed by atoms with Gasteiger partial charge in [-0.05, 0) is 32.1 Å². The molecule has 0 aromatic carbocycles. The summed E-state index contributed by atoms with van der Waals surface area (Å²) < 4.78 is 53.5. The molecule has 0 heterocycles. The van der Waals surface area contributed by atoms with Gasteiger partial charge < -0.3 is 5.11 Å². The normalized spacial score (nSPS) is 20.1. The topological polar surface area (TPSA) is 37.3 Å². The standard InChI is InChI=1S/C18H34O2/c1-2-3-4-5-6-7-8-9-10-11-12-13-14-15-16-17-18(19)20/h9-10H,2-8,11-17H2,1H3,(H,19,20)/b10-9-/i14D,15D2,16D2,17D2. The van der Waals surface area contributed by atoms with Gasteiger partial charge in [0.2, 0.25) is 0 Å². The second-order valence-corrected chi connectivity index (χ2v) is 4.86. The summed E-state index contributed by atoms with van der Waals surface area (Å²) >= 11 is 0. The van der Waals surface area contributed by atoms with Crippen molar-refractivity contribution in [1.82, 2.24) is 0 Å². The number of carboxylic acids is 1. The van der Waals surface area contributed by atoms with Crippen LogP contribution in [0.3, 0.4) is 0 Å². The Bertz CT molecular complexity index is 465. The van der Waals surface area contributed by atoms with E-state index in [1.54, 1.807) is 0 Å². The van der Waals surface area contributed by atoms with Crippen LogP contribution in [0, 0.1) is 0 Å². The van der Waals surface area contributed by atoms with Crippen LogP contribution < -0.4 is 0 Å². The van der Waals surface area contributed by atoms with Crippen molar-refractivity contribution in [3.8, 4) is 0 Å². The molecule has 0 radical (unpaired) electrons. The number of rotatable bonds is 15. The van der Waals surface area contributed by atoms with E-state index in [1.165, 1.54) is 32.1 Å². The Kier molecular flexibility index (Phi) is 8.15. The molecule has 20 heavy (non-hydrogen) atoms. The van der Waals surface area contributed by atoms with Gasteiger partial charge in [-0.25, -0.2) is 0 Å². The van der Waals surface area contributed by atoms with E-state index in [4.69, 9.17) is 14.7 Å². The molecule has 0 amide bonds. The van der Waals surface area contributed by atoms with E-state index < -0.39 is 31.5 Å². The Balaban J connectivity index is 4.28. The molecule has 2 nitrogen and oxygen atoms in total. The number of allylic oxidation sites excluding steroid dienone is 2. The van der Waals surface area contributed by atoms with Crippen LogP contribution in [0.2, 0.25) is 0 Å². The molecule has 0 bridgehead atoms. The zero-order valence-corrected chi connectivity index (χ0v) is 12.7. The molecular weight excluding hydrogens is 248 g/mol. The smallest absolute Gasteiger partial charge is 0.303 e. The number of carbonyl (C=O) groups is 1. The molecule has 0 fully saturated rings. The lowest BCUT2D eigenvalue weighted by molar-refractivity contribution is -0.137. The number of aliphatic carboxylic acids is 1. The summed E-state index contributed by atoms with van der Waals surface area (Å²) in [6.45, 7) is 2.19. The second kappa shape index (κ2) is 16.3. The molecule has 0 saturated heterocycles. The fourth-order valence-electron chi connectivity index (χ4n) is 1.83. The summed E-state index contributed by atoms with van der Waals surface area (Å²) in [5.74, 6) is -2.07. The van der Waals surface area contributed by atoms with Crippen molar-refractivity contribution < 1.29 is 19.5 Å². The van der Waals surface area contributed by atoms with Crippen molar-refractivity contribution in [3.63, 3.8) is 0 Å². The Labute approximate surface area is 135 Å². The van der Waals surface area contributed by atoms with Gasteiger partial charge in [0.05, 0.1) is 0 Å². The number of carboxylic acid groups (broad SMARTS) is 1. The SMILES string of the molecule is [2H]C(CCC/C=C\CCCCCCCC)C([2H])([2H])C([2H])([2H])C([2H])([2H])C(=O)O. The first-order chi connectivity index (χ1) is 12.4. The lowest BCUT2D eigenvalue weighted by Gasteiger charge is -1.99. The predicted octanol–water partition coefficient (Wildman–Crippen LogP) is 6.11. The van der Waals surface area contributed by atoms with Gasteiger partial charge >= 0.3 is 5.97 Å². The summed E-state index contributed by atoms with van der Waals surface area (Å²) in [5.41, 5.74) is 0. The van der Waals surface area contributed by atoms with E-state index >= 15 is 0 Å². The van der Waals surface area contributed by atoms with Gasteiger partial charge in [-0.3, -0.25) is 4.79 Å². The molecule has 0 aliphatic carbocycles. The highest BCUT2D eigenvalue weighted by Gasteiger charge is 1.95. The van der Waals surface area contributed by atoms with Crippen LogP contribution in [0.15, 0.2) is 12.2 Å². The van der Waals surface area contributed by atoms with Crippen molar-refractivity contribution >= 4 is 5.97 Å². The summed E-state index contributed by atoms with van der Waals surface area (Å²) in [6.07, 6.45) is 2.35. The van der Waals surface area contributed by atoms with E-state index in [0.29, 0.717) is 12.8 Å². The quantitative estimate of drug-likeness (QED) is 0.292. The molecule has 0 spiro atoms. The van der Waals surface area contributed by atoms with Crippen molar-refractivity contribution in [3.05, 3.63) is 12.2 Å². The summed E-state index contributed by atoms with van der Waals surface area (Å²) in [6, 6.07) is 0. The lowest BCUT2D eigenvalue weighted by atomic mass is 10.1. The highest BCUT2D eigenvalue weighted by molar-refractivity contribution is 5.66. The minimum Gasteiger partial charge on any atom is -0.481 e. The molecule has 1 unspecified atom stereocenters. The Morgan fingerprint density at radius 2 is 1.55 bits per heavy atom. The summed E-state index contributed by atoms with van der Waals surface area (Å²) in [5, 5.41) is 8.85. The number of hydrogen-bond donors (Lipinski definition) is 1. The fraction of sp³-hybridized carbons (Fsp3) is 0.833. The van der Waals surface area contributed by atoms with Crippen molar-refractivity contribution in [2.75, 3.05) is 0 Å². The molecule has 1 atom stereocenters. The maximum atomic E-state index is 10.9. The van der Waals surface area contributed by atoms with E-state index in [1.807, 2.05) is 6.08 Å². The average Bonchev–Trinajstić information content (AvgIpc) is 2.58. The predicted molar refractivity (Wildman–Crippen MR) is 87.1 cm³/mol. The van der Waals surface area contributed by atoms with Crippen LogP contribution in [-0.2, 0) is 4.79 Å². The molecule has 0 aromatic rings. The number of unbranched alkanes of at least 4 members (excludes halogenated alkanes) is 7. The molecule has 118 valence electrons. The summed E-state index contributed by atoms with van der Waals surface area (Å²) in [7, 11) is 0. The zero-order chi connectivity index (χ0) is 21.1. The first-order valence-corrected chi connectivity index (χ1v) is 7.73. The lowest BCUT2D eigenvalue weighted by Crippen LogP contribution is -1.93. The minimum atomic E-state index is -3.41. The third kappa shape index (κ3) is 17.2. The molecule has 2 heteroatoms. The largest absolute Gasteiger partial charge is 0.481 e. The Morgan fingerprint density at radius 3 is 2.20 bits per heavy atom. The van der Waals surface area contributed by atoms with Crippen LogP contribution in [0.25, 0.3) is 0 Å². The molecular formula is C18H34O2. The molecule has 1 N–H and O–H groups in total. The van der Waals surface area contributed by atoms with Crippen LogP contribution in [0.4, 0.5) is 0 Å². The molecule has 0 saturated carbocycles. The van der Waals surface area contributed by atoms with Crippen LogP contribution in [-0.4, -0.2) is 11.1 Å². The zero-order valence-electron chi connectivity index (χ0n) is 19.7. The average molecular weight is 290 g/mol. The van der Waals surface area contributed by atoms with Gasteiger partial charge in [0.15, 0.2) is 0 Å². The minimum absolute atomic E-state index is 0.0313. The Hall–Kier alpha value is -0.790. The third-order valence-electron chi connectivity index (χ3n) is 2.95. The van der Waals surface area contributed by atoms with Crippen LogP contribution in [0.5, 0.6) is 0 Å². The van der Waals surface area contributed by atoms with Crippen LogP contribution in [0.1, 0.15) is 106 Å². The van der Waals surface area contributed by atoms with Crippen molar-refractivity contribution in [2.24, 2.45) is 0 Å². The highest BCUT2D eigenvalue weighted by atomic mass is 16.4. The molecule has 0 rings (SSSR count). The van der Waals surface area contributed by atoms with E-state index in [9.17, 15) is 4.79 Å². The van der Waals surface area contributed by atoms with Crippen LogP contribution >= 0.6 is 0 Å². The maximum Gasteiger partial charge on any atom is 0.303 e. The van der Waals surface area contributed by atoms with E-state index in [0.717, 1.165) is 12.8 Å². The summed E-state index contributed by atoms with van der Waals surface area (Å²) in [4.78, 5) is 10.9. The molecule has 0 aromatic heterocycles. The van der Waals surface area contributed by atoms with Crippen molar-refractivity contribution in [1.29, 1.82) is 0 Å². The first-order valence-electron chi connectivity index (χ1n) is 11.3. The Morgan fingerprint density at radius 1 is 0.950 bits per heavy atom. The third-order valence-corrected chi connectivity index (χ3v) is 2.95. The van der Waals surface area contributed by atoms with Gasteiger partial charge in [0, 0.05) is 16.0 Å². The van der Waals surface area contributed by atoms with Gasteiger partial charge in [-0.15, -0.1) is 0 Å². The number of hydrogen-bond acceptors (Lipinski definition) is 1. The van der Waals surface area contributed by atoms with Gasteiger partial charge in [-0.1, -0.05) is 70.4 Å². The fourth-order valence-corrected chi connectivity index (χ4v) is 1.83. The van der Waals surface area contributed by atoms with Gasteiger partial charge in [0.25, 0.3) is 0 Å². The van der Waals surface area contributed by atoms with E-state index in [2.05, 4.69) is 13.0 Å². The van der Waals surface area contributed by atoms with Gasteiger partial charge in [0.1, 0.15) is 0 Å². The molecule has 0 aliphatic rings. The van der Waals surface area contributed by atoms with Gasteiger partial charge in [-0.2, -0.15) is 0 Å². The second-order valence-electron chi connectivity index (χ2n) is 4.86. The molecule has 0 aliphatic heterocycles. The van der Waals surface area contributed by atoms with Crippen molar-refractivity contribution in [2.45, 2.75) is 96.6 Å². The maximum absolute atomic E-state index is 10.9. The first kappa shape index (κ1) is 10.0. The monoisotopic (exact) mass is 289 g/mol. The highest BCUT2D eigenvalue weighted by Crippen LogP contribution is 2.09.